The first kappa shape index (κ1) is 26.8. The highest BCUT2D eigenvalue weighted by Gasteiger charge is 2.31. The molecule has 0 aliphatic rings. The summed E-state index contributed by atoms with van der Waals surface area (Å²) in [6.07, 6.45) is -2.56. The van der Waals surface area contributed by atoms with Gasteiger partial charge in [-0.3, -0.25) is 0 Å². The highest BCUT2D eigenvalue weighted by molar-refractivity contribution is 5.90. The first-order valence-corrected chi connectivity index (χ1v) is 10.3. The zero-order valence-electron chi connectivity index (χ0n) is 19.1. The number of pyridine rings is 1. The predicted octanol–water partition coefficient (Wildman–Crippen LogP) is 5.75. The summed E-state index contributed by atoms with van der Waals surface area (Å²) in [5.74, 6) is -1.14. The topological polar surface area (TPSA) is 114 Å². The van der Waals surface area contributed by atoms with Gasteiger partial charge in [-0.2, -0.15) is 13.2 Å². The van der Waals surface area contributed by atoms with E-state index in [-0.39, 0.29) is 17.5 Å². The molecule has 2 amide bonds. The smallest absolute Gasteiger partial charge is 0.416 e. The largest absolute Gasteiger partial charge is 0.424 e. The Labute approximate surface area is 207 Å². The standard InChI is InChI=1S/C24H19F5N6O2/c1-13(34-22(36)35-20-9-15(24(27,28)29)5-8-19(20)26)11-33-23(31-2)37-17-6-3-14(4-7-17)18-10-16(25)12-32-21(18)30/h3-12H,2H2,1H3,(H2,30,32)(H2,34,35,36)/b13-11+,33-23+. The van der Waals surface area contributed by atoms with E-state index in [0.29, 0.717) is 35.1 Å². The highest BCUT2D eigenvalue weighted by atomic mass is 19.4. The van der Waals surface area contributed by atoms with Crippen LogP contribution < -0.4 is 21.1 Å². The van der Waals surface area contributed by atoms with Crippen LogP contribution in [0.3, 0.4) is 0 Å². The predicted molar refractivity (Wildman–Crippen MR) is 129 cm³/mol. The number of carbonyl (C=O) groups is 1. The number of amidine groups is 1. The fourth-order valence-electron chi connectivity index (χ4n) is 2.90. The van der Waals surface area contributed by atoms with Gasteiger partial charge in [-0.05, 0) is 55.6 Å². The number of carbonyl (C=O) groups excluding carboxylic acids is 1. The number of nitrogens with zero attached hydrogens (tertiary/aromatic N) is 3. The molecule has 4 N–H and O–H groups in total. The van der Waals surface area contributed by atoms with Gasteiger partial charge in [-0.1, -0.05) is 12.1 Å². The molecule has 8 nitrogen and oxygen atoms in total. The second-order valence-electron chi connectivity index (χ2n) is 7.37. The summed E-state index contributed by atoms with van der Waals surface area (Å²) in [6, 6.07) is 8.00. The molecule has 0 saturated carbocycles. The molecule has 1 aromatic heterocycles. The van der Waals surface area contributed by atoms with Crippen molar-refractivity contribution in [2.24, 2.45) is 9.98 Å². The van der Waals surface area contributed by atoms with Gasteiger partial charge in [0.25, 0.3) is 0 Å². The van der Waals surface area contributed by atoms with Crippen LogP contribution in [-0.2, 0) is 6.18 Å². The lowest BCUT2D eigenvalue weighted by Crippen LogP contribution is -2.27. The molecule has 0 fully saturated rings. The van der Waals surface area contributed by atoms with Crippen LogP contribution in [0.1, 0.15) is 12.5 Å². The summed E-state index contributed by atoms with van der Waals surface area (Å²) in [5.41, 5.74) is 5.12. The Hall–Kier alpha value is -4.81. The molecule has 192 valence electrons. The number of hydrogen-bond acceptors (Lipinski definition) is 5. The van der Waals surface area contributed by atoms with Gasteiger partial charge in [0.2, 0.25) is 0 Å². The first-order chi connectivity index (χ1) is 17.5. The van der Waals surface area contributed by atoms with Gasteiger partial charge in [0.1, 0.15) is 23.2 Å². The third-order valence-corrected chi connectivity index (χ3v) is 4.62. The van der Waals surface area contributed by atoms with Crippen LogP contribution in [0.25, 0.3) is 11.1 Å². The van der Waals surface area contributed by atoms with Gasteiger partial charge < -0.3 is 21.1 Å². The lowest BCUT2D eigenvalue weighted by molar-refractivity contribution is -0.137. The molecule has 0 unspecified atom stereocenters. The van der Waals surface area contributed by atoms with Crippen molar-refractivity contribution >= 4 is 30.3 Å². The maximum absolute atomic E-state index is 13.8. The van der Waals surface area contributed by atoms with Crippen LogP contribution in [-0.4, -0.2) is 23.8 Å². The van der Waals surface area contributed by atoms with E-state index in [1.165, 1.54) is 13.0 Å². The minimum atomic E-state index is -4.70. The third-order valence-electron chi connectivity index (χ3n) is 4.62. The number of nitrogens with two attached hydrogens (primary N) is 1. The zero-order chi connectivity index (χ0) is 27.2. The summed E-state index contributed by atoms with van der Waals surface area (Å²) in [4.78, 5) is 23.4. The molecule has 0 aliphatic heterocycles. The van der Waals surface area contributed by atoms with Crippen molar-refractivity contribution in [3.05, 3.63) is 83.8 Å². The number of nitrogens with one attached hydrogen (secondary N) is 2. The van der Waals surface area contributed by atoms with Crippen molar-refractivity contribution in [1.29, 1.82) is 0 Å². The molecule has 0 aliphatic carbocycles. The fourth-order valence-corrected chi connectivity index (χ4v) is 2.90. The maximum Gasteiger partial charge on any atom is 0.416 e. The lowest BCUT2D eigenvalue weighted by Gasteiger charge is -2.11. The van der Waals surface area contributed by atoms with Crippen LogP contribution >= 0.6 is 0 Å². The quantitative estimate of drug-likeness (QED) is 0.227. The number of benzene rings is 2. The molecule has 37 heavy (non-hydrogen) atoms. The van der Waals surface area contributed by atoms with Crippen molar-refractivity contribution in [2.75, 3.05) is 11.1 Å². The Morgan fingerprint density at radius 1 is 1.14 bits per heavy atom. The van der Waals surface area contributed by atoms with Crippen LogP contribution in [0.2, 0.25) is 0 Å². The number of aliphatic imine (C=N–C) groups is 2. The van der Waals surface area contributed by atoms with E-state index in [9.17, 15) is 26.7 Å². The summed E-state index contributed by atoms with van der Waals surface area (Å²) < 4.78 is 71.2. The van der Waals surface area contributed by atoms with E-state index >= 15 is 0 Å². The molecule has 3 aromatic rings. The van der Waals surface area contributed by atoms with Gasteiger partial charge in [0, 0.05) is 11.3 Å². The molecule has 0 atom stereocenters. The molecule has 3 rings (SSSR count). The van der Waals surface area contributed by atoms with E-state index in [0.717, 1.165) is 12.4 Å². The zero-order valence-corrected chi connectivity index (χ0v) is 19.1. The number of nitrogen functional groups attached to an aromatic ring is 1. The average molecular weight is 518 g/mol. The lowest BCUT2D eigenvalue weighted by atomic mass is 10.1. The Bertz CT molecular complexity index is 1370. The molecule has 0 saturated heterocycles. The third kappa shape index (κ3) is 7.34. The van der Waals surface area contributed by atoms with E-state index in [1.54, 1.807) is 24.3 Å². The van der Waals surface area contributed by atoms with Crippen molar-refractivity contribution in [2.45, 2.75) is 13.1 Å². The van der Waals surface area contributed by atoms with Gasteiger partial charge in [-0.15, -0.1) is 0 Å². The number of alkyl halides is 3. The number of allylic oxidation sites excluding steroid dienone is 1. The number of amides is 2. The molecule has 0 spiro atoms. The number of rotatable bonds is 5. The number of aromatic nitrogens is 1. The number of urea groups is 1. The normalized spacial score (nSPS) is 12.2. The highest BCUT2D eigenvalue weighted by Crippen LogP contribution is 2.32. The number of anilines is 2. The second kappa shape index (κ2) is 11.3. The molecular weight excluding hydrogens is 499 g/mol. The Morgan fingerprint density at radius 2 is 1.84 bits per heavy atom. The van der Waals surface area contributed by atoms with Gasteiger partial charge >= 0.3 is 18.2 Å². The van der Waals surface area contributed by atoms with E-state index < -0.39 is 35.1 Å². The van der Waals surface area contributed by atoms with Gasteiger partial charge in [0.05, 0.1) is 23.6 Å². The molecular formula is C24H19F5N6O2. The summed E-state index contributed by atoms with van der Waals surface area (Å²) in [6.45, 7) is 4.76. The molecule has 0 bridgehead atoms. The monoisotopic (exact) mass is 518 g/mol. The summed E-state index contributed by atoms with van der Waals surface area (Å²) in [7, 11) is 0. The number of halogens is 5. The van der Waals surface area contributed by atoms with E-state index in [4.69, 9.17) is 10.5 Å². The molecule has 2 aromatic carbocycles. The number of ether oxygens (including phenoxy) is 1. The SMILES string of the molecule is C=N/C(=N\C=C(/C)NC(=O)Nc1cc(C(F)(F)F)ccc1F)Oc1ccc(-c2cc(F)cnc2N)cc1. The van der Waals surface area contributed by atoms with Crippen molar-refractivity contribution in [3.63, 3.8) is 0 Å². The summed E-state index contributed by atoms with van der Waals surface area (Å²) in [5, 5.41) is 4.29. The van der Waals surface area contributed by atoms with Gasteiger partial charge in [-0.25, -0.2) is 28.5 Å². The van der Waals surface area contributed by atoms with Crippen molar-refractivity contribution in [3.8, 4) is 16.9 Å². The first-order valence-electron chi connectivity index (χ1n) is 10.3. The van der Waals surface area contributed by atoms with E-state index in [1.807, 2.05) is 5.32 Å². The molecule has 13 heteroatoms. The van der Waals surface area contributed by atoms with Crippen LogP contribution in [0.4, 0.5) is 38.3 Å². The van der Waals surface area contributed by atoms with E-state index in [2.05, 4.69) is 27.0 Å². The average Bonchev–Trinajstić information content (AvgIpc) is 2.84. The Morgan fingerprint density at radius 3 is 2.49 bits per heavy atom. The maximum atomic E-state index is 13.8. The minimum absolute atomic E-state index is 0.124. The van der Waals surface area contributed by atoms with Crippen LogP contribution in [0.15, 0.2) is 76.6 Å². The Balaban J connectivity index is 1.65. The van der Waals surface area contributed by atoms with Crippen molar-refractivity contribution in [1.82, 2.24) is 10.3 Å². The second-order valence-corrected chi connectivity index (χ2v) is 7.37. The fraction of sp³-hybridized carbons (Fsp3) is 0.0833. The number of hydrogen-bond donors (Lipinski definition) is 3. The van der Waals surface area contributed by atoms with Gasteiger partial charge in [0.15, 0.2) is 0 Å². The van der Waals surface area contributed by atoms with Crippen molar-refractivity contribution < 1.29 is 31.5 Å². The summed E-state index contributed by atoms with van der Waals surface area (Å²) >= 11 is 0. The van der Waals surface area contributed by atoms with Crippen LogP contribution in [0.5, 0.6) is 5.75 Å². The van der Waals surface area contributed by atoms with Crippen LogP contribution in [0, 0.1) is 11.6 Å². The molecule has 1 heterocycles. The Kier molecular flexibility index (Phi) is 8.17. The molecule has 0 radical (unpaired) electrons. The minimum Gasteiger partial charge on any atom is -0.424 e.